The van der Waals surface area contributed by atoms with Crippen LogP contribution in [-0.4, -0.2) is 22.6 Å². The Labute approximate surface area is 146 Å². The fraction of sp³-hybridized carbons (Fsp3) is 0.250. The average molecular weight is 333 g/mol. The molecule has 0 atom stereocenters. The Morgan fingerprint density at radius 2 is 1.88 bits per heavy atom. The summed E-state index contributed by atoms with van der Waals surface area (Å²) < 4.78 is 5.46. The van der Waals surface area contributed by atoms with Crippen LogP contribution in [0.3, 0.4) is 0 Å². The van der Waals surface area contributed by atoms with Gasteiger partial charge in [0.05, 0.1) is 11.1 Å². The maximum Gasteiger partial charge on any atom is 0.232 e. The molecule has 1 aromatic carbocycles. The van der Waals surface area contributed by atoms with Crippen LogP contribution in [0.1, 0.15) is 24.1 Å². The summed E-state index contributed by atoms with van der Waals surface area (Å²) in [5.41, 5.74) is 2.34. The lowest BCUT2D eigenvalue weighted by atomic mass is 10.00. The van der Waals surface area contributed by atoms with Gasteiger partial charge < -0.3 is 9.84 Å². The predicted octanol–water partition coefficient (Wildman–Crippen LogP) is 3.13. The summed E-state index contributed by atoms with van der Waals surface area (Å²) in [6.07, 6.45) is 5.95. The van der Waals surface area contributed by atoms with Gasteiger partial charge >= 0.3 is 0 Å². The number of amides is 1. The van der Waals surface area contributed by atoms with Crippen molar-refractivity contribution in [2.75, 3.05) is 6.54 Å². The number of pyridine rings is 1. The van der Waals surface area contributed by atoms with Crippen LogP contribution in [0.5, 0.6) is 0 Å². The van der Waals surface area contributed by atoms with Gasteiger partial charge in [0, 0.05) is 30.6 Å². The van der Waals surface area contributed by atoms with E-state index in [1.54, 1.807) is 12.4 Å². The molecule has 4 rings (SSSR count). The van der Waals surface area contributed by atoms with Gasteiger partial charge in [0.25, 0.3) is 0 Å². The highest BCUT2D eigenvalue weighted by atomic mass is 16.5. The van der Waals surface area contributed by atoms with Crippen molar-refractivity contribution >= 4 is 5.91 Å². The van der Waals surface area contributed by atoms with Crippen molar-refractivity contribution in [2.45, 2.75) is 24.7 Å². The van der Waals surface area contributed by atoms with Crippen LogP contribution in [0, 0.1) is 0 Å². The number of carbonyl (C=O) groups is 1. The molecule has 25 heavy (non-hydrogen) atoms. The summed E-state index contributed by atoms with van der Waals surface area (Å²) in [6, 6.07) is 15.6. The van der Waals surface area contributed by atoms with E-state index in [0.29, 0.717) is 12.3 Å². The van der Waals surface area contributed by atoms with Gasteiger partial charge in [-0.05, 0) is 37.0 Å². The Bertz CT molecular complexity index is 855. The molecule has 0 aliphatic heterocycles. The molecule has 126 valence electrons. The zero-order chi connectivity index (χ0) is 17.1. The van der Waals surface area contributed by atoms with E-state index in [0.717, 1.165) is 36.1 Å². The Morgan fingerprint density at radius 3 is 2.60 bits per heavy atom. The molecule has 0 unspecified atom stereocenters. The monoisotopic (exact) mass is 333 g/mol. The summed E-state index contributed by atoms with van der Waals surface area (Å²) in [7, 11) is 0. The average Bonchev–Trinajstić information content (AvgIpc) is 3.33. The van der Waals surface area contributed by atoms with E-state index in [-0.39, 0.29) is 5.91 Å². The number of hydrogen-bond donors (Lipinski definition) is 1. The van der Waals surface area contributed by atoms with E-state index in [1.165, 1.54) is 0 Å². The van der Waals surface area contributed by atoms with E-state index < -0.39 is 5.41 Å². The van der Waals surface area contributed by atoms with Crippen molar-refractivity contribution < 1.29 is 9.32 Å². The molecular formula is C20H19N3O2. The normalized spacial score (nSPS) is 14.9. The van der Waals surface area contributed by atoms with Crippen LogP contribution in [0.25, 0.3) is 11.3 Å². The van der Waals surface area contributed by atoms with E-state index in [4.69, 9.17) is 4.52 Å². The molecule has 5 nitrogen and oxygen atoms in total. The van der Waals surface area contributed by atoms with E-state index in [9.17, 15) is 4.79 Å². The fourth-order valence-electron chi connectivity index (χ4n) is 3.00. The molecule has 2 heterocycles. The van der Waals surface area contributed by atoms with Crippen molar-refractivity contribution in [2.24, 2.45) is 0 Å². The molecular weight excluding hydrogens is 314 g/mol. The van der Waals surface area contributed by atoms with Gasteiger partial charge in [-0.25, -0.2) is 0 Å². The minimum absolute atomic E-state index is 0.0365. The van der Waals surface area contributed by atoms with Gasteiger partial charge in [-0.15, -0.1) is 0 Å². The molecule has 3 aromatic rings. The van der Waals surface area contributed by atoms with Gasteiger partial charge in [-0.2, -0.15) is 0 Å². The largest absolute Gasteiger partial charge is 0.356 e. The standard InChI is InChI=1S/C20H19N3O2/c24-19(22-13-8-15-6-11-21-12-7-15)20(9-10-20)18-14-17(25-23-18)16-4-2-1-3-5-16/h1-7,11-12,14H,8-10,13H2,(H,22,24). The van der Waals surface area contributed by atoms with Gasteiger partial charge in [0.15, 0.2) is 5.76 Å². The van der Waals surface area contributed by atoms with Crippen molar-refractivity contribution in [3.8, 4) is 11.3 Å². The minimum Gasteiger partial charge on any atom is -0.356 e. The lowest BCUT2D eigenvalue weighted by molar-refractivity contribution is -0.123. The maximum atomic E-state index is 12.7. The van der Waals surface area contributed by atoms with Gasteiger partial charge in [0.1, 0.15) is 0 Å². The molecule has 5 heteroatoms. The highest BCUT2D eigenvalue weighted by Crippen LogP contribution is 2.48. The van der Waals surface area contributed by atoms with Gasteiger partial charge in [-0.3, -0.25) is 9.78 Å². The molecule has 1 amide bonds. The third-order valence-corrected chi connectivity index (χ3v) is 4.69. The first-order valence-corrected chi connectivity index (χ1v) is 8.48. The number of nitrogens with one attached hydrogen (secondary N) is 1. The van der Waals surface area contributed by atoms with Crippen molar-refractivity contribution in [3.05, 3.63) is 72.2 Å². The number of rotatable bonds is 6. The molecule has 0 bridgehead atoms. The molecule has 1 aliphatic carbocycles. The number of nitrogens with zero attached hydrogens (tertiary/aromatic N) is 2. The van der Waals surface area contributed by atoms with Crippen LogP contribution >= 0.6 is 0 Å². The number of carbonyl (C=O) groups excluding carboxylic acids is 1. The van der Waals surface area contributed by atoms with Crippen molar-refractivity contribution in [1.82, 2.24) is 15.5 Å². The van der Waals surface area contributed by atoms with Gasteiger partial charge in [0.2, 0.25) is 5.91 Å². The first-order valence-electron chi connectivity index (χ1n) is 8.48. The molecule has 2 aromatic heterocycles. The first kappa shape index (κ1) is 15.6. The lowest BCUT2D eigenvalue weighted by Crippen LogP contribution is -2.36. The topological polar surface area (TPSA) is 68.0 Å². The van der Waals surface area contributed by atoms with Crippen LogP contribution in [0.2, 0.25) is 0 Å². The van der Waals surface area contributed by atoms with Crippen LogP contribution in [0.15, 0.2) is 65.4 Å². The molecule has 0 saturated heterocycles. The smallest absolute Gasteiger partial charge is 0.232 e. The Morgan fingerprint density at radius 1 is 1.12 bits per heavy atom. The molecule has 1 fully saturated rings. The van der Waals surface area contributed by atoms with E-state index >= 15 is 0 Å². The molecule has 0 radical (unpaired) electrons. The lowest BCUT2D eigenvalue weighted by Gasteiger charge is -2.12. The summed E-state index contributed by atoms with van der Waals surface area (Å²) in [5.74, 6) is 0.737. The maximum absolute atomic E-state index is 12.7. The number of hydrogen-bond acceptors (Lipinski definition) is 4. The molecule has 1 saturated carbocycles. The second-order valence-corrected chi connectivity index (χ2v) is 6.39. The first-order chi connectivity index (χ1) is 12.3. The predicted molar refractivity (Wildman–Crippen MR) is 93.8 cm³/mol. The number of aromatic nitrogens is 2. The van der Waals surface area contributed by atoms with Crippen molar-refractivity contribution in [1.29, 1.82) is 0 Å². The summed E-state index contributed by atoms with van der Waals surface area (Å²) in [4.78, 5) is 16.7. The molecule has 1 aliphatic rings. The quantitative estimate of drug-likeness (QED) is 0.752. The highest BCUT2D eigenvalue weighted by Gasteiger charge is 2.53. The molecule has 0 spiro atoms. The summed E-state index contributed by atoms with van der Waals surface area (Å²) in [6.45, 7) is 0.605. The Balaban J connectivity index is 1.42. The zero-order valence-corrected chi connectivity index (χ0v) is 13.8. The van der Waals surface area contributed by atoms with Crippen LogP contribution in [0.4, 0.5) is 0 Å². The fourth-order valence-corrected chi connectivity index (χ4v) is 3.00. The Hall–Kier alpha value is -2.95. The summed E-state index contributed by atoms with van der Waals surface area (Å²) in [5, 5.41) is 7.21. The number of benzene rings is 1. The highest BCUT2D eigenvalue weighted by molar-refractivity contribution is 5.91. The zero-order valence-electron chi connectivity index (χ0n) is 13.8. The third kappa shape index (κ3) is 3.18. The second kappa shape index (κ2) is 6.51. The minimum atomic E-state index is -0.519. The SMILES string of the molecule is O=C(NCCc1ccncc1)C1(c2cc(-c3ccccc3)on2)CC1. The Kier molecular flexibility index (Phi) is 4.06. The van der Waals surface area contributed by atoms with E-state index in [1.807, 2.05) is 48.5 Å². The van der Waals surface area contributed by atoms with Crippen LogP contribution in [-0.2, 0) is 16.6 Å². The molecule has 1 N–H and O–H groups in total. The summed E-state index contributed by atoms with van der Waals surface area (Å²) >= 11 is 0. The van der Waals surface area contributed by atoms with E-state index in [2.05, 4.69) is 15.5 Å². The second-order valence-electron chi connectivity index (χ2n) is 6.39. The van der Waals surface area contributed by atoms with Crippen LogP contribution < -0.4 is 5.32 Å². The van der Waals surface area contributed by atoms with Gasteiger partial charge in [-0.1, -0.05) is 35.5 Å². The van der Waals surface area contributed by atoms with Crippen molar-refractivity contribution in [3.63, 3.8) is 0 Å². The third-order valence-electron chi connectivity index (χ3n) is 4.69.